The van der Waals surface area contributed by atoms with Gasteiger partial charge in [-0.2, -0.15) is 0 Å². The molecule has 25 heavy (non-hydrogen) atoms. The number of ether oxygens (including phenoxy) is 2. The molecule has 2 fully saturated rings. The molecular formula is C18H22N2O5. The number of benzene rings is 1. The first kappa shape index (κ1) is 17.4. The van der Waals surface area contributed by atoms with Crippen LogP contribution in [0.2, 0.25) is 0 Å². The lowest BCUT2D eigenvalue weighted by molar-refractivity contribution is -0.160. The lowest BCUT2D eigenvalue weighted by atomic mass is 9.87. The second-order valence-corrected chi connectivity index (χ2v) is 6.64. The summed E-state index contributed by atoms with van der Waals surface area (Å²) in [5.41, 5.74) is 0.303. The smallest absolute Gasteiger partial charge is 0.410 e. The van der Waals surface area contributed by atoms with Crippen molar-refractivity contribution < 1.29 is 23.9 Å². The molecule has 2 aliphatic rings. The molecule has 1 atom stereocenters. The molecule has 0 radical (unpaired) electrons. The number of piperazine rings is 1. The predicted octanol–water partition coefficient (Wildman–Crippen LogP) is 1.07. The van der Waals surface area contributed by atoms with Crippen LogP contribution < -0.4 is 0 Å². The van der Waals surface area contributed by atoms with Gasteiger partial charge < -0.3 is 19.2 Å². The number of nitrogens with zero attached hydrogens (tertiary/aromatic N) is 2. The van der Waals surface area contributed by atoms with Gasteiger partial charge in [-0.25, -0.2) is 4.79 Å². The van der Waals surface area contributed by atoms with Crippen molar-refractivity contribution in [2.75, 3.05) is 32.8 Å². The zero-order valence-electron chi connectivity index (χ0n) is 14.2. The molecule has 2 saturated heterocycles. The minimum Gasteiger partial charge on any atom is -0.445 e. The molecule has 2 aliphatic heterocycles. The first-order chi connectivity index (χ1) is 12.0. The van der Waals surface area contributed by atoms with Crippen LogP contribution in [0.15, 0.2) is 30.3 Å². The molecule has 0 spiro atoms. The zero-order valence-corrected chi connectivity index (χ0v) is 14.2. The number of rotatable bonds is 5. The normalized spacial score (nSPS) is 22.3. The molecule has 1 aromatic carbocycles. The van der Waals surface area contributed by atoms with Crippen LogP contribution >= 0.6 is 0 Å². The monoisotopic (exact) mass is 346 g/mol. The van der Waals surface area contributed by atoms with Gasteiger partial charge in [-0.1, -0.05) is 30.3 Å². The first-order valence-electron chi connectivity index (χ1n) is 8.35. The van der Waals surface area contributed by atoms with Gasteiger partial charge in [0.1, 0.15) is 18.9 Å². The van der Waals surface area contributed by atoms with E-state index in [-0.39, 0.29) is 12.5 Å². The summed E-state index contributed by atoms with van der Waals surface area (Å²) < 4.78 is 10.4. The van der Waals surface area contributed by atoms with Gasteiger partial charge in [0, 0.05) is 19.6 Å². The number of aldehydes is 1. The SMILES string of the molecule is C[C@H]1C(=O)N(CC2(C=O)COC2)CCN1C(=O)OCc1ccccc1. The van der Waals surface area contributed by atoms with Crippen LogP contribution in [0.25, 0.3) is 0 Å². The molecule has 0 N–H and O–H groups in total. The van der Waals surface area contributed by atoms with E-state index in [1.165, 1.54) is 4.90 Å². The number of amides is 2. The van der Waals surface area contributed by atoms with Crippen LogP contribution in [0.5, 0.6) is 0 Å². The topological polar surface area (TPSA) is 76.2 Å². The van der Waals surface area contributed by atoms with E-state index in [0.29, 0.717) is 32.8 Å². The van der Waals surface area contributed by atoms with E-state index in [0.717, 1.165) is 11.8 Å². The van der Waals surface area contributed by atoms with E-state index in [9.17, 15) is 14.4 Å². The van der Waals surface area contributed by atoms with Crippen LogP contribution in [0.1, 0.15) is 12.5 Å². The molecule has 0 aromatic heterocycles. The van der Waals surface area contributed by atoms with Crippen molar-refractivity contribution in [3.63, 3.8) is 0 Å². The van der Waals surface area contributed by atoms with Crippen molar-refractivity contribution in [2.24, 2.45) is 5.41 Å². The maximum atomic E-state index is 12.6. The van der Waals surface area contributed by atoms with E-state index in [2.05, 4.69) is 0 Å². The molecule has 7 nitrogen and oxygen atoms in total. The number of carbonyl (C=O) groups excluding carboxylic acids is 3. The lowest BCUT2D eigenvalue weighted by Crippen LogP contribution is -2.62. The van der Waals surface area contributed by atoms with Gasteiger partial charge in [0.25, 0.3) is 0 Å². The van der Waals surface area contributed by atoms with Crippen molar-refractivity contribution in [2.45, 2.75) is 19.6 Å². The highest BCUT2D eigenvalue weighted by molar-refractivity contribution is 5.87. The molecule has 2 heterocycles. The predicted molar refractivity (Wildman–Crippen MR) is 88.7 cm³/mol. The summed E-state index contributed by atoms with van der Waals surface area (Å²) in [6.45, 7) is 3.66. The Hall–Kier alpha value is -2.41. The van der Waals surface area contributed by atoms with Crippen molar-refractivity contribution in [1.29, 1.82) is 0 Å². The maximum Gasteiger partial charge on any atom is 0.410 e. The highest BCUT2D eigenvalue weighted by atomic mass is 16.6. The van der Waals surface area contributed by atoms with Gasteiger partial charge in [0.15, 0.2) is 0 Å². The second kappa shape index (κ2) is 7.23. The molecule has 0 aliphatic carbocycles. The third kappa shape index (κ3) is 3.66. The number of carbonyl (C=O) groups is 3. The summed E-state index contributed by atoms with van der Waals surface area (Å²) in [5.74, 6) is -0.170. The Morgan fingerprint density at radius 3 is 2.64 bits per heavy atom. The fourth-order valence-corrected chi connectivity index (χ4v) is 3.08. The Bertz CT molecular complexity index is 644. The zero-order chi connectivity index (χ0) is 17.9. The molecule has 134 valence electrons. The summed E-state index contributed by atoms with van der Waals surface area (Å²) in [7, 11) is 0. The summed E-state index contributed by atoms with van der Waals surface area (Å²) in [5, 5.41) is 0. The molecule has 0 bridgehead atoms. The van der Waals surface area contributed by atoms with Crippen LogP contribution in [0.3, 0.4) is 0 Å². The van der Waals surface area contributed by atoms with Crippen LogP contribution in [-0.4, -0.2) is 67.0 Å². The first-order valence-corrected chi connectivity index (χ1v) is 8.35. The second-order valence-electron chi connectivity index (χ2n) is 6.64. The van der Waals surface area contributed by atoms with Crippen molar-refractivity contribution in [3.8, 4) is 0 Å². The van der Waals surface area contributed by atoms with Crippen LogP contribution in [-0.2, 0) is 25.7 Å². The van der Waals surface area contributed by atoms with Crippen molar-refractivity contribution >= 4 is 18.3 Å². The summed E-state index contributed by atoms with van der Waals surface area (Å²) >= 11 is 0. The van der Waals surface area contributed by atoms with Gasteiger partial charge in [0.2, 0.25) is 5.91 Å². The number of hydrogen-bond donors (Lipinski definition) is 0. The van der Waals surface area contributed by atoms with E-state index in [1.807, 2.05) is 30.3 Å². The fourth-order valence-electron chi connectivity index (χ4n) is 3.08. The van der Waals surface area contributed by atoms with Crippen molar-refractivity contribution in [3.05, 3.63) is 35.9 Å². The van der Waals surface area contributed by atoms with Crippen LogP contribution in [0, 0.1) is 5.41 Å². The minimum atomic E-state index is -0.610. The molecular weight excluding hydrogens is 324 g/mol. The van der Waals surface area contributed by atoms with Gasteiger partial charge in [0.05, 0.1) is 18.6 Å². The van der Waals surface area contributed by atoms with Gasteiger partial charge in [-0.15, -0.1) is 0 Å². The Morgan fingerprint density at radius 2 is 2.04 bits per heavy atom. The lowest BCUT2D eigenvalue weighted by Gasteiger charge is -2.44. The maximum absolute atomic E-state index is 12.6. The third-order valence-corrected chi connectivity index (χ3v) is 4.72. The summed E-state index contributed by atoms with van der Waals surface area (Å²) in [6, 6.07) is 8.78. The highest BCUT2D eigenvalue weighted by Crippen LogP contribution is 2.27. The Morgan fingerprint density at radius 1 is 1.32 bits per heavy atom. The van der Waals surface area contributed by atoms with Gasteiger partial charge >= 0.3 is 6.09 Å². The molecule has 7 heteroatoms. The van der Waals surface area contributed by atoms with Gasteiger partial charge in [-0.3, -0.25) is 9.69 Å². The van der Waals surface area contributed by atoms with E-state index in [4.69, 9.17) is 9.47 Å². The summed E-state index contributed by atoms with van der Waals surface area (Å²) in [6.07, 6.45) is 0.371. The standard InChI is InChI=1S/C18H22N2O5/c1-14-16(22)19(10-18(11-21)12-24-13-18)7-8-20(14)17(23)25-9-15-5-3-2-4-6-15/h2-6,11,14H,7-10,12-13H2,1H3/t14-/m0/s1. The van der Waals surface area contributed by atoms with E-state index in [1.54, 1.807) is 11.8 Å². The average molecular weight is 346 g/mol. The molecule has 0 saturated carbocycles. The Kier molecular flexibility index (Phi) is 5.03. The largest absolute Gasteiger partial charge is 0.445 e. The van der Waals surface area contributed by atoms with E-state index < -0.39 is 17.6 Å². The molecule has 2 amide bonds. The van der Waals surface area contributed by atoms with Crippen molar-refractivity contribution in [1.82, 2.24) is 9.80 Å². The Labute approximate surface area is 146 Å². The molecule has 1 aromatic rings. The highest BCUT2D eigenvalue weighted by Gasteiger charge is 2.44. The van der Waals surface area contributed by atoms with E-state index >= 15 is 0 Å². The number of hydrogen-bond acceptors (Lipinski definition) is 5. The quantitative estimate of drug-likeness (QED) is 0.746. The average Bonchev–Trinajstić information content (AvgIpc) is 2.60. The third-order valence-electron chi connectivity index (χ3n) is 4.72. The minimum absolute atomic E-state index is 0.170. The van der Waals surface area contributed by atoms with Crippen LogP contribution in [0.4, 0.5) is 4.79 Å². The molecule has 3 rings (SSSR count). The van der Waals surface area contributed by atoms with Gasteiger partial charge in [-0.05, 0) is 12.5 Å². The fraction of sp³-hybridized carbons (Fsp3) is 0.500. The molecule has 0 unspecified atom stereocenters. The summed E-state index contributed by atoms with van der Waals surface area (Å²) in [4.78, 5) is 39.2. The Balaban J connectivity index is 1.55.